The van der Waals surface area contributed by atoms with Gasteiger partial charge in [-0.3, -0.25) is 4.79 Å². The molecular formula is C24H24N4O2. The van der Waals surface area contributed by atoms with Crippen molar-refractivity contribution >= 4 is 22.6 Å². The molecule has 0 atom stereocenters. The van der Waals surface area contributed by atoms with E-state index in [1.807, 2.05) is 69.3 Å². The predicted octanol–water partition coefficient (Wildman–Crippen LogP) is 4.67. The van der Waals surface area contributed by atoms with E-state index >= 15 is 0 Å². The molecule has 152 valence electrons. The summed E-state index contributed by atoms with van der Waals surface area (Å²) >= 11 is 0. The minimum Gasteiger partial charge on any atom is -0.497 e. The molecule has 0 saturated carbocycles. The molecule has 30 heavy (non-hydrogen) atoms. The Morgan fingerprint density at radius 1 is 1.03 bits per heavy atom. The second kappa shape index (κ2) is 7.99. The summed E-state index contributed by atoms with van der Waals surface area (Å²) in [4.78, 5) is 17.3. The molecule has 0 aliphatic rings. The van der Waals surface area contributed by atoms with Gasteiger partial charge in [-0.2, -0.15) is 5.10 Å². The number of nitrogens with zero attached hydrogens (tertiary/aromatic N) is 3. The van der Waals surface area contributed by atoms with E-state index in [2.05, 4.69) is 15.4 Å². The number of benzene rings is 2. The van der Waals surface area contributed by atoms with Gasteiger partial charge >= 0.3 is 0 Å². The quantitative estimate of drug-likeness (QED) is 0.528. The molecule has 4 rings (SSSR count). The third kappa shape index (κ3) is 3.64. The molecule has 2 heterocycles. The number of amides is 1. The van der Waals surface area contributed by atoms with E-state index in [0.29, 0.717) is 5.65 Å². The van der Waals surface area contributed by atoms with Crippen molar-refractivity contribution in [2.45, 2.75) is 27.3 Å². The SMILES string of the molecule is COc1ccc(-c2ccnc3c2c(C)nn3CC(=O)Nc2c(C)cccc2C)cc1. The molecule has 0 radical (unpaired) electrons. The Morgan fingerprint density at radius 3 is 2.40 bits per heavy atom. The van der Waals surface area contributed by atoms with Crippen LogP contribution >= 0.6 is 0 Å². The molecule has 0 aliphatic heterocycles. The highest BCUT2D eigenvalue weighted by Gasteiger charge is 2.16. The van der Waals surface area contributed by atoms with E-state index in [1.54, 1.807) is 18.0 Å². The number of fused-ring (bicyclic) bond motifs is 1. The zero-order valence-electron chi connectivity index (χ0n) is 17.6. The lowest BCUT2D eigenvalue weighted by atomic mass is 10.0. The van der Waals surface area contributed by atoms with Crippen LogP contribution in [0.25, 0.3) is 22.2 Å². The number of anilines is 1. The lowest BCUT2D eigenvalue weighted by molar-refractivity contribution is -0.116. The average molecular weight is 400 g/mol. The summed E-state index contributed by atoms with van der Waals surface area (Å²) in [5.41, 5.74) is 6.52. The van der Waals surface area contributed by atoms with Crippen LogP contribution in [0.3, 0.4) is 0 Å². The zero-order chi connectivity index (χ0) is 21.3. The summed E-state index contributed by atoms with van der Waals surface area (Å²) in [7, 11) is 1.65. The number of para-hydroxylation sites is 1. The Hall–Kier alpha value is -3.67. The molecule has 1 N–H and O–H groups in total. The Bertz CT molecular complexity index is 1210. The zero-order valence-corrected chi connectivity index (χ0v) is 17.6. The summed E-state index contributed by atoms with van der Waals surface area (Å²) in [6, 6.07) is 15.8. The Kier molecular flexibility index (Phi) is 5.23. The average Bonchev–Trinajstić information content (AvgIpc) is 3.06. The largest absolute Gasteiger partial charge is 0.497 e. The molecule has 0 unspecified atom stereocenters. The molecule has 2 aromatic heterocycles. The maximum absolute atomic E-state index is 12.8. The summed E-state index contributed by atoms with van der Waals surface area (Å²) in [6.07, 6.45) is 1.75. The first-order valence-electron chi connectivity index (χ1n) is 9.80. The fourth-order valence-electron chi connectivity index (χ4n) is 3.73. The van der Waals surface area contributed by atoms with Gasteiger partial charge in [-0.1, -0.05) is 30.3 Å². The van der Waals surface area contributed by atoms with Crippen LogP contribution in [0.4, 0.5) is 5.69 Å². The van der Waals surface area contributed by atoms with Crippen molar-refractivity contribution in [1.29, 1.82) is 0 Å². The monoisotopic (exact) mass is 400 g/mol. The van der Waals surface area contributed by atoms with E-state index in [-0.39, 0.29) is 12.5 Å². The number of pyridine rings is 1. The molecule has 6 heteroatoms. The lowest BCUT2D eigenvalue weighted by Gasteiger charge is -2.11. The van der Waals surface area contributed by atoms with Gasteiger partial charge in [-0.25, -0.2) is 9.67 Å². The van der Waals surface area contributed by atoms with Crippen LogP contribution in [0.5, 0.6) is 5.75 Å². The van der Waals surface area contributed by atoms with Crippen LogP contribution in [-0.4, -0.2) is 27.8 Å². The Balaban J connectivity index is 1.67. The number of hydrogen-bond acceptors (Lipinski definition) is 4. The molecule has 0 spiro atoms. The van der Waals surface area contributed by atoms with Gasteiger partial charge in [0.25, 0.3) is 0 Å². The number of hydrogen-bond donors (Lipinski definition) is 1. The molecule has 0 saturated heterocycles. The van der Waals surface area contributed by atoms with Gasteiger partial charge in [0, 0.05) is 17.3 Å². The standard InChI is InChI=1S/C24H24N4O2/c1-15-6-5-7-16(2)23(15)26-21(29)14-28-24-22(17(3)27-28)20(12-13-25-24)18-8-10-19(30-4)11-9-18/h5-13H,14H2,1-4H3,(H,26,29). The normalized spacial score (nSPS) is 10.9. The van der Waals surface area contributed by atoms with Crippen molar-refractivity contribution in [1.82, 2.24) is 14.8 Å². The summed E-state index contributed by atoms with van der Waals surface area (Å²) in [6.45, 7) is 6.01. The highest BCUT2D eigenvalue weighted by Crippen LogP contribution is 2.31. The van der Waals surface area contributed by atoms with Crippen molar-refractivity contribution in [3.63, 3.8) is 0 Å². The van der Waals surface area contributed by atoms with Crippen molar-refractivity contribution in [3.05, 3.63) is 71.5 Å². The van der Waals surface area contributed by atoms with E-state index in [0.717, 1.165) is 44.8 Å². The Labute approximate surface area is 175 Å². The molecule has 0 aliphatic carbocycles. The first-order chi connectivity index (χ1) is 14.5. The third-order valence-corrected chi connectivity index (χ3v) is 5.25. The number of aryl methyl sites for hydroxylation is 3. The molecule has 4 aromatic rings. The van der Waals surface area contributed by atoms with Crippen LogP contribution in [0.1, 0.15) is 16.8 Å². The van der Waals surface area contributed by atoms with Gasteiger partial charge < -0.3 is 10.1 Å². The molecule has 1 amide bonds. The fourth-order valence-corrected chi connectivity index (χ4v) is 3.73. The van der Waals surface area contributed by atoms with Crippen molar-refractivity contribution < 1.29 is 9.53 Å². The van der Waals surface area contributed by atoms with E-state index in [1.165, 1.54) is 0 Å². The summed E-state index contributed by atoms with van der Waals surface area (Å²) < 4.78 is 6.92. The maximum atomic E-state index is 12.8. The smallest absolute Gasteiger partial charge is 0.246 e. The summed E-state index contributed by atoms with van der Waals surface area (Å²) in [5, 5.41) is 8.57. The predicted molar refractivity (Wildman–Crippen MR) is 119 cm³/mol. The third-order valence-electron chi connectivity index (χ3n) is 5.25. The maximum Gasteiger partial charge on any atom is 0.246 e. The highest BCUT2D eigenvalue weighted by molar-refractivity contribution is 5.96. The van der Waals surface area contributed by atoms with Crippen LogP contribution < -0.4 is 10.1 Å². The lowest BCUT2D eigenvalue weighted by Crippen LogP contribution is -2.20. The second-order valence-electron chi connectivity index (χ2n) is 7.34. The van der Waals surface area contributed by atoms with E-state index < -0.39 is 0 Å². The Morgan fingerprint density at radius 2 is 1.73 bits per heavy atom. The molecule has 0 bridgehead atoms. The van der Waals surface area contributed by atoms with Gasteiger partial charge in [0.1, 0.15) is 12.3 Å². The number of methoxy groups -OCH3 is 1. The van der Waals surface area contributed by atoms with E-state index in [9.17, 15) is 4.79 Å². The van der Waals surface area contributed by atoms with Gasteiger partial charge in [0.15, 0.2) is 5.65 Å². The van der Waals surface area contributed by atoms with Crippen molar-refractivity contribution in [2.24, 2.45) is 0 Å². The van der Waals surface area contributed by atoms with Gasteiger partial charge in [0.2, 0.25) is 5.91 Å². The highest BCUT2D eigenvalue weighted by atomic mass is 16.5. The second-order valence-corrected chi connectivity index (χ2v) is 7.34. The topological polar surface area (TPSA) is 69.0 Å². The van der Waals surface area contributed by atoms with E-state index in [4.69, 9.17) is 4.74 Å². The van der Waals surface area contributed by atoms with Crippen LogP contribution in [0.15, 0.2) is 54.7 Å². The van der Waals surface area contributed by atoms with Crippen molar-refractivity contribution in [3.8, 4) is 16.9 Å². The molecular weight excluding hydrogens is 376 g/mol. The van der Waals surface area contributed by atoms with Gasteiger partial charge in [0.05, 0.1) is 12.8 Å². The van der Waals surface area contributed by atoms with Gasteiger partial charge in [-0.05, 0) is 61.2 Å². The van der Waals surface area contributed by atoms with Crippen molar-refractivity contribution in [2.75, 3.05) is 12.4 Å². The fraction of sp³-hybridized carbons (Fsp3) is 0.208. The molecule has 6 nitrogen and oxygen atoms in total. The molecule has 0 fully saturated rings. The first kappa shape index (κ1) is 19.6. The van der Waals surface area contributed by atoms with Crippen LogP contribution in [-0.2, 0) is 11.3 Å². The number of carbonyl (C=O) groups is 1. The van der Waals surface area contributed by atoms with Crippen LogP contribution in [0.2, 0.25) is 0 Å². The number of nitrogens with one attached hydrogen (secondary N) is 1. The van der Waals surface area contributed by atoms with Crippen LogP contribution in [0, 0.1) is 20.8 Å². The number of ether oxygens (including phenoxy) is 1. The number of rotatable bonds is 5. The minimum atomic E-state index is -0.131. The molecule has 2 aromatic carbocycles. The number of carbonyl (C=O) groups excluding carboxylic acids is 1. The number of aromatic nitrogens is 3. The first-order valence-corrected chi connectivity index (χ1v) is 9.80. The van der Waals surface area contributed by atoms with Gasteiger partial charge in [-0.15, -0.1) is 0 Å². The summed E-state index contributed by atoms with van der Waals surface area (Å²) in [5.74, 6) is 0.674. The minimum absolute atomic E-state index is 0.0944.